The van der Waals surface area contributed by atoms with Crippen molar-refractivity contribution in [3.8, 4) is 0 Å². The Morgan fingerprint density at radius 2 is 2.08 bits per heavy atom. The van der Waals surface area contributed by atoms with Gasteiger partial charge in [-0.05, 0) is 32.6 Å². The molecule has 72 valence electrons. The minimum atomic E-state index is -0.492. The Bertz CT molecular complexity index is 102. The average molecular weight is 170 g/mol. The summed E-state index contributed by atoms with van der Waals surface area (Å²) in [7, 11) is 0. The Hall–Kier alpha value is -0.170. The van der Waals surface area contributed by atoms with Gasteiger partial charge in [-0.15, -0.1) is 6.92 Å². The molecule has 0 rings (SSSR count). The zero-order chi connectivity index (χ0) is 9.61. The Morgan fingerprint density at radius 1 is 1.50 bits per heavy atom. The lowest BCUT2D eigenvalue weighted by Crippen LogP contribution is -2.18. The van der Waals surface area contributed by atoms with Gasteiger partial charge in [0.05, 0.1) is 12.0 Å². The van der Waals surface area contributed by atoms with Gasteiger partial charge < -0.3 is 5.11 Å². The SMILES string of the molecule is [CH2-][CH+]CC(C)CCCC(C)(C)O. The van der Waals surface area contributed by atoms with E-state index in [2.05, 4.69) is 13.8 Å². The molecule has 1 unspecified atom stereocenters. The average Bonchev–Trinajstić information content (AvgIpc) is 1.84. The van der Waals surface area contributed by atoms with Crippen molar-refractivity contribution in [2.45, 2.75) is 52.1 Å². The van der Waals surface area contributed by atoms with E-state index in [1.807, 2.05) is 20.3 Å². The fraction of sp³-hybridized carbons (Fsp3) is 0.818. The minimum absolute atomic E-state index is 0.492. The molecule has 0 aromatic carbocycles. The fourth-order valence-electron chi connectivity index (χ4n) is 1.29. The first-order valence-electron chi connectivity index (χ1n) is 4.79. The molecule has 0 fully saturated rings. The normalized spacial score (nSPS) is 14.4. The largest absolute Gasteiger partial charge is 0.390 e. The summed E-state index contributed by atoms with van der Waals surface area (Å²) in [6, 6.07) is 0. The van der Waals surface area contributed by atoms with Crippen molar-refractivity contribution in [2.75, 3.05) is 0 Å². The van der Waals surface area contributed by atoms with E-state index < -0.39 is 5.60 Å². The van der Waals surface area contributed by atoms with Crippen molar-refractivity contribution in [3.05, 3.63) is 13.3 Å². The lowest BCUT2D eigenvalue weighted by atomic mass is 9.95. The van der Waals surface area contributed by atoms with Crippen LogP contribution < -0.4 is 0 Å². The zero-order valence-corrected chi connectivity index (χ0v) is 8.64. The summed E-state index contributed by atoms with van der Waals surface area (Å²) >= 11 is 0. The second kappa shape index (κ2) is 5.47. The second-order valence-corrected chi connectivity index (χ2v) is 4.33. The molecule has 0 amide bonds. The molecule has 0 aliphatic rings. The van der Waals surface area contributed by atoms with Gasteiger partial charge in [-0.25, -0.2) is 0 Å². The first-order chi connectivity index (χ1) is 5.45. The van der Waals surface area contributed by atoms with Crippen molar-refractivity contribution in [3.63, 3.8) is 0 Å². The molecular formula is C11H22O. The fourth-order valence-corrected chi connectivity index (χ4v) is 1.29. The molecule has 0 radical (unpaired) electrons. The van der Waals surface area contributed by atoms with E-state index in [1.165, 1.54) is 6.42 Å². The third-order valence-corrected chi connectivity index (χ3v) is 2.05. The quantitative estimate of drug-likeness (QED) is 0.608. The summed E-state index contributed by atoms with van der Waals surface area (Å²) in [5, 5.41) is 9.44. The molecule has 1 atom stereocenters. The summed E-state index contributed by atoms with van der Waals surface area (Å²) in [6.07, 6.45) is 6.25. The van der Waals surface area contributed by atoms with Gasteiger partial charge in [-0.3, -0.25) is 0 Å². The maximum Gasteiger partial charge on any atom is 0.0595 e. The molecule has 0 saturated heterocycles. The highest BCUT2D eigenvalue weighted by molar-refractivity contribution is 4.71. The zero-order valence-electron chi connectivity index (χ0n) is 8.64. The monoisotopic (exact) mass is 170 g/mol. The molecule has 1 heteroatoms. The maximum atomic E-state index is 9.44. The standard InChI is InChI=1S/C11H22O/c1-5-7-10(2)8-6-9-11(3,4)12/h5,10,12H,1,6-9H2,2-4H3. The van der Waals surface area contributed by atoms with Crippen LogP contribution in [0.3, 0.4) is 0 Å². The smallest absolute Gasteiger partial charge is 0.0595 e. The Kier molecular flexibility index (Phi) is 5.39. The molecule has 1 N–H and O–H groups in total. The molecule has 0 spiro atoms. The topological polar surface area (TPSA) is 20.2 Å². The van der Waals surface area contributed by atoms with Gasteiger partial charge >= 0.3 is 0 Å². The van der Waals surface area contributed by atoms with E-state index >= 15 is 0 Å². The van der Waals surface area contributed by atoms with Gasteiger partial charge in [-0.2, -0.15) is 0 Å². The highest BCUT2D eigenvalue weighted by Gasteiger charge is 2.12. The minimum Gasteiger partial charge on any atom is -0.390 e. The molecule has 0 aliphatic heterocycles. The van der Waals surface area contributed by atoms with E-state index in [4.69, 9.17) is 0 Å². The molecule has 0 saturated carbocycles. The highest BCUT2D eigenvalue weighted by Crippen LogP contribution is 2.17. The van der Waals surface area contributed by atoms with Gasteiger partial charge in [0.2, 0.25) is 0 Å². The lowest BCUT2D eigenvalue weighted by molar-refractivity contribution is 0.0670. The highest BCUT2D eigenvalue weighted by atomic mass is 16.3. The Morgan fingerprint density at radius 3 is 2.50 bits per heavy atom. The van der Waals surface area contributed by atoms with Gasteiger partial charge in [0.25, 0.3) is 0 Å². The Balaban J connectivity index is 3.31. The lowest BCUT2D eigenvalue weighted by Gasteiger charge is -2.17. The predicted octanol–water partition coefficient (Wildman–Crippen LogP) is 2.99. The van der Waals surface area contributed by atoms with E-state index in [9.17, 15) is 5.11 Å². The van der Waals surface area contributed by atoms with Crippen molar-refractivity contribution >= 4 is 0 Å². The van der Waals surface area contributed by atoms with E-state index in [0.29, 0.717) is 5.92 Å². The van der Waals surface area contributed by atoms with Crippen LogP contribution in [0.5, 0.6) is 0 Å². The first kappa shape index (κ1) is 11.8. The van der Waals surface area contributed by atoms with Crippen LogP contribution in [0.1, 0.15) is 46.5 Å². The van der Waals surface area contributed by atoms with Gasteiger partial charge in [0.15, 0.2) is 0 Å². The van der Waals surface area contributed by atoms with Crippen LogP contribution in [-0.2, 0) is 0 Å². The second-order valence-electron chi connectivity index (χ2n) is 4.33. The molecule has 0 aromatic rings. The van der Waals surface area contributed by atoms with Crippen LogP contribution in [0.15, 0.2) is 0 Å². The molecule has 0 aliphatic carbocycles. The molecule has 0 heterocycles. The molecule has 0 bridgehead atoms. The number of aliphatic hydroxyl groups is 1. The van der Waals surface area contributed by atoms with E-state index in [1.54, 1.807) is 0 Å². The van der Waals surface area contributed by atoms with Gasteiger partial charge in [-0.1, -0.05) is 19.8 Å². The molecular weight excluding hydrogens is 148 g/mol. The van der Waals surface area contributed by atoms with Crippen LogP contribution >= 0.6 is 0 Å². The summed E-state index contributed by atoms with van der Waals surface area (Å²) in [6.45, 7) is 9.67. The summed E-state index contributed by atoms with van der Waals surface area (Å²) in [5.41, 5.74) is -0.492. The van der Waals surface area contributed by atoms with Crippen LogP contribution in [-0.4, -0.2) is 10.7 Å². The van der Waals surface area contributed by atoms with Crippen LogP contribution in [0, 0.1) is 19.3 Å². The van der Waals surface area contributed by atoms with Crippen LogP contribution in [0.25, 0.3) is 0 Å². The number of rotatable bonds is 6. The molecule has 12 heavy (non-hydrogen) atoms. The van der Waals surface area contributed by atoms with E-state index in [-0.39, 0.29) is 0 Å². The van der Waals surface area contributed by atoms with Crippen molar-refractivity contribution in [2.24, 2.45) is 5.92 Å². The maximum absolute atomic E-state index is 9.44. The number of hydrogen-bond acceptors (Lipinski definition) is 1. The van der Waals surface area contributed by atoms with Crippen molar-refractivity contribution < 1.29 is 5.11 Å². The van der Waals surface area contributed by atoms with Crippen molar-refractivity contribution in [1.82, 2.24) is 0 Å². The van der Waals surface area contributed by atoms with Crippen molar-refractivity contribution in [1.29, 1.82) is 0 Å². The van der Waals surface area contributed by atoms with Crippen LogP contribution in [0.4, 0.5) is 0 Å². The Labute approximate surface area is 77.2 Å². The predicted molar refractivity (Wildman–Crippen MR) is 53.6 cm³/mol. The van der Waals surface area contributed by atoms with Crippen LogP contribution in [0.2, 0.25) is 0 Å². The first-order valence-corrected chi connectivity index (χ1v) is 4.79. The van der Waals surface area contributed by atoms with Gasteiger partial charge in [0.1, 0.15) is 0 Å². The summed E-state index contributed by atoms with van der Waals surface area (Å²) < 4.78 is 0. The van der Waals surface area contributed by atoms with Gasteiger partial charge in [0, 0.05) is 0 Å². The summed E-state index contributed by atoms with van der Waals surface area (Å²) in [5.74, 6) is 0.713. The van der Waals surface area contributed by atoms with E-state index in [0.717, 1.165) is 19.3 Å². The molecule has 1 nitrogen and oxygen atoms in total. The number of hydrogen-bond donors (Lipinski definition) is 1. The molecule has 0 aromatic heterocycles. The summed E-state index contributed by atoms with van der Waals surface area (Å²) in [4.78, 5) is 0. The third-order valence-electron chi connectivity index (χ3n) is 2.05. The third kappa shape index (κ3) is 7.93.